The number of nitrogens with zero attached hydrogens (tertiary/aromatic N) is 1. The smallest absolute Gasteiger partial charge is 0.252 e. The average Bonchev–Trinajstić information content (AvgIpc) is 2.53. The van der Waals surface area contributed by atoms with Crippen LogP contribution < -0.4 is 5.32 Å². The van der Waals surface area contributed by atoms with Gasteiger partial charge in [0.2, 0.25) is 0 Å². The third-order valence-electron chi connectivity index (χ3n) is 2.35. The number of likely N-dealkylation sites (N-methyl/N-ethyl adjacent to an activating group) is 1. The monoisotopic (exact) mass is 232 g/mol. The topological polar surface area (TPSA) is 49.4 Å². The van der Waals surface area contributed by atoms with Gasteiger partial charge in [-0.15, -0.1) is 11.3 Å². The Morgan fingerprint density at radius 3 is 2.79 bits per heavy atom. The van der Waals surface area contributed by atoms with Gasteiger partial charge in [-0.05, 0) is 18.5 Å². The van der Waals surface area contributed by atoms with E-state index >= 15 is 0 Å². The van der Waals surface area contributed by atoms with Gasteiger partial charge in [0.25, 0.3) is 10.0 Å². The number of hydrogen-bond acceptors (Lipinski definition) is 4. The number of thiophene rings is 1. The van der Waals surface area contributed by atoms with Gasteiger partial charge in [0.15, 0.2) is 0 Å². The fourth-order valence-electron chi connectivity index (χ4n) is 1.35. The standard InChI is InChI=1S/C8H12N2O2S2/c1-9-7-5-10(6-7)14(11,12)8-3-2-4-13-8/h2-4,7,9H,5-6H2,1H3. The molecule has 0 spiro atoms. The van der Waals surface area contributed by atoms with Crippen LogP contribution in [0.25, 0.3) is 0 Å². The van der Waals surface area contributed by atoms with Crippen LogP contribution >= 0.6 is 11.3 Å². The third-order valence-corrected chi connectivity index (χ3v) is 5.55. The molecule has 0 atom stereocenters. The van der Waals surface area contributed by atoms with Crippen molar-refractivity contribution in [3.05, 3.63) is 17.5 Å². The molecule has 1 fully saturated rings. The van der Waals surface area contributed by atoms with Gasteiger partial charge in [-0.3, -0.25) is 0 Å². The minimum absolute atomic E-state index is 0.310. The molecule has 0 aromatic carbocycles. The molecular weight excluding hydrogens is 220 g/mol. The van der Waals surface area contributed by atoms with Crippen LogP contribution in [-0.2, 0) is 10.0 Å². The first-order valence-corrected chi connectivity index (χ1v) is 6.67. The van der Waals surface area contributed by atoms with E-state index in [9.17, 15) is 8.42 Å². The van der Waals surface area contributed by atoms with Crippen LogP contribution in [0.15, 0.2) is 21.7 Å². The number of rotatable bonds is 3. The second kappa shape index (κ2) is 3.62. The normalized spacial score (nSPS) is 19.5. The lowest BCUT2D eigenvalue weighted by Gasteiger charge is -2.37. The number of hydrogen-bond donors (Lipinski definition) is 1. The Hall–Kier alpha value is -0.430. The van der Waals surface area contributed by atoms with Crippen LogP contribution in [0.3, 0.4) is 0 Å². The van der Waals surface area contributed by atoms with Gasteiger partial charge in [-0.1, -0.05) is 6.07 Å². The van der Waals surface area contributed by atoms with E-state index in [1.807, 2.05) is 7.05 Å². The van der Waals surface area contributed by atoms with Crippen molar-refractivity contribution in [2.24, 2.45) is 0 Å². The highest BCUT2D eigenvalue weighted by atomic mass is 32.2. The summed E-state index contributed by atoms with van der Waals surface area (Å²) < 4.78 is 25.6. The maximum absolute atomic E-state index is 11.8. The van der Waals surface area contributed by atoms with Gasteiger partial charge in [-0.25, -0.2) is 8.42 Å². The van der Waals surface area contributed by atoms with Crippen LogP contribution in [0.1, 0.15) is 0 Å². The highest BCUT2D eigenvalue weighted by molar-refractivity contribution is 7.91. The molecule has 1 aliphatic heterocycles. The van der Waals surface area contributed by atoms with Crippen molar-refractivity contribution in [3.8, 4) is 0 Å². The fraction of sp³-hybridized carbons (Fsp3) is 0.500. The first-order chi connectivity index (χ1) is 6.64. The van der Waals surface area contributed by atoms with Crippen molar-refractivity contribution < 1.29 is 8.42 Å². The summed E-state index contributed by atoms with van der Waals surface area (Å²) in [5.41, 5.74) is 0. The van der Waals surface area contributed by atoms with E-state index in [2.05, 4.69) is 5.32 Å². The van der Waals surface area contributed by atoms with Crippen LogP contribution in [0.2, 0.25) is 0 Å². The molecule has 78 valence electrons. The Kier molecular flexibility index (Phi) is 2.61. The molecule has 0 radical (unpaired) electrons. The van der Waals surface area contributed by atoms with Crippen molar-refractivity contribution in [2.45, 2.75) is 10.3 Å². The van der Waals surface area contributed by atoms with Crippen molar-refractivity contribution in [3.63, 3.8) is 0 Å². The molecule has 0 bridgehead atoms. The first kappa shape index (κ1) is 10.1. The summed E-state index contributed by atoms with van der Waals surface area (Å²) in [6.07, 6.45) is 0. The van der Waals surface area contributed by atoms with E-state index in [1.165, 1.54) is 15.6 Å². The Morgan fingerprint density at radius 1 is 1.57 bits per heavy atom. The maximum Gasteiger partial charge on any atom is 0.252 e. The zero-order chi connectivity index (χ0) is 10.2. The molecule has 4 nitrogen and oxygen atoms in total. The first-order valence-electron chi connectivity index (χ1n) is 4.35. The quantitative estimate of drug-likeness (QED) is 0.817. The highest BCUT2D eigenvalue weighted by Crippen LogP contribution is 2.24. The van der Waals surface area contributed by atoms with Crippen molar-refractivity contribution in [1.82, 2.24) is 9.62 Å². The Labute approximate surface area is 87.6 Å². The summed E-state index contributed by atoms with van der Waals surface area (Å²) in [4.78, 5) is 0. The summed E-state index contributed by atoms with van der Waals surface area (Å²) in [5.74, 6) is 0. The van der Waals surface area contributed by atoms with Gasteiger partial charge in [0.1, 0.15) is 4.21 Å². The highest BCUT2D eigenvalue weighted by Gasteiger charge is 2.36. The van der Waals surface area contributed by atoms with Gasteiger partial charge < -0.3 is 5.32 Å². The minimum atomic E-state index is -3.19. The molecule has 6 heteroatoms. The summed E-state index contributed by atoms with van der Waals surface area (Å²) >= 11 is 1.27. The summed E-state index contributed by atoms with van der Waals surface area (Å²) in [6, 6.07) is 3.71. The molecule has 0 amide bonds. The molecule has 1 aromatic heterocycles. The predicted octanol–water partition coefficient (Wildman–Crippen LogP) is 0.340. The number of sulfonamides is 1. The fourth-order valence-corrected chi connectivity index (χ4v) is 4.03. The zero-order valence-corrected chi connectivity index (χ0v) is 9.44. The van der Waals surface area contributed by atoms with E-state index in [0.717, 1.165) is 0 Å². The largest absolute Gasteiger partial charge is 0.314 e. The van der Waals surface area contributed by atoms with Gasteiger partial charge in [-0.2, -0.15) is 4.31 Å². The molecule has 2 heterocycles. The van der Waals surface area contributed by atoms with Crippen molar-refractivity contribution >= 4 is 21.4 Å². The third kappa shape index (κ3) is 1.58. The minimum Gasteiger partial charge on any atom is -0.314 e. The van der Waals surface area contributed by atoms with Gasteiger partial charge >= 0.3 is 0 Å². The second-order valence-corrected chi connectivity index (χ2v) is 6.35. The molecule has 1 aromatic rings. The van der Waals surface area contributed by atoms with Crippen LogP contribution in [0.4, 0.5) is 0 Å². The van der Waals surface area contributed by atoms with Crippen molar-refractivity contribution in [1.29, 1.82) is 0 Å². The maximum atomic E-state index is 11.8. The van der Waals surface area contributed by atoms with Crippen molar-refractivity contribution in [2.75, 3.05) is 20.1 Å². The molecule has 0 aliphatic carbocycles. The van der Waals surface area contributed by atoms with E-state index in [0.29, 0.717) is 23.3 Å². The van der Waals surface area contributed by atoms with E-state index in [4.69, 9.17) is 0 Å². The Morgan fingerprint density at radius 2 is 2.29 bits per heavy atom. The Bertz CT molecular complexity index is 393. The van der Waals surface area contributed by atoms with Crippen LogP contribution in [-0.4, -0.2) is 38.9 Å². The second-order valence-electron chi connectivity index (χ2n) is 3.24. The zero-order valence-electron chi connectivity index (χ0n) is 7.80. The molecule has 0 unspecified atom stereocenters. The molecule has 14 heavy (non-hydrogen) atoms. The average molecular weight is 232 g/mol. The predicted molar refractivity (Wildman–Crippen MR) is 55.9 cm³/mol. The van der Waals surface area contributed by atoms with E-state index in [-0.39, 0.29) is 0 Å². The van der Waals surface area contributed by atoms with Gasteiger partial charge in [0, 0.05) is 19.1 Å². The lowest BCUT2D eigenvalue weighted by molar-refractivity contribution is 0.237. The lowest BCUT2D eigenvalue weighted by atomic mass is 10.2. The Balaban J connectivity index is 2.12. The lowest BCUT2D eigenvalue weighted by Crippen LogP contribution is -2.58. The van der Waals surface area contributed by atoms with Gasteiger partial charge in [0.05, 0.1) is 0 Å². The molecule has 0 saturated carbocycles. The van der Waals surface area contributed by atoms with E-state index in [1.54, 1.807) is 17.5 Å². The molecule has 2 rings (SSSR count). The summed E-state index contributed by atoms with van der Waals surface area (Å²) in [6.45, 7) is 1.16. The molecule has 1 saturated heterocycles. The SMILES string of the molecule is CNC1CN(S(=O)(=O)c2cccs2)C1. The number of nitrogens with one attached hydrogen (secondary N) is 1. The molecule has 1 aliphatic rings. The van der Waals surface area contributed by atoms with Crippen LogP contribution in [0.5, 0.6) is 0 Å². The van der Waals surface area contributed by atoms with Crippen LogP contribution in [0, 0.1) is 0 Å². The summed E-state index contributed by atoms with van der Waals surface area (Å²) in [7, 11) is -1.34. The summed E-state index contributed by atoms with van der Waals surface area (Å²) in [5, 5.41) is 4.83. The molecule has 1 N–H and O–H groups in total. The van der Waals surface area contributed by atoms with E-state index < -0.39 is 10.0 Å². The molecular formula is C8H12N2O2S2.